The summed E-state index contributed by atoms with van der Waals surface area (Å²) in [5.74, 6) is 1.31. The van der Waals surface area contributed by atoms with Crippen LogP contribution < -0.4 is 27.5 Å². The van der Waals surface area contributed by atoms with Gasteiger partial charge in [0.15, 0.2) is 0 Å². The van der Waals surface area contributed by atoms with Crippen LogP contribution in [0.5, 0.6) is 0 Å². The van der Waals surface area contributed by atoms with Gasteiger partial charge >= 0.3 is 7.12 Å². The smallest absolute Gasteiger partial charge is 0.399 e. The second-order valence-electron chi connectivity index (χ2n) is 15.0. The molecule has 0 bridgehead atoms. The van der Waals surface area contributed by atoms with Crippen molar-refractivity contribution in [1.82, 2.24) is 19.9 Å². The van der Waals surface area contributed by atoms with E-state index >= 15 is 0 Å². The van der Waals surface area contributed by atoms with Crippen LogP contribution in [0.2, 0.25) is 0 Å². The zero-order valence-corrected chi connectivity index (χ0v) is 33.6. The Bertz CT molecular complexity index is 1910. The number of halogens is 1. The highest BCUT2D eigenvalue weighted by molar-refractivity contribution is 9.10. The van der Waals surface area contributed by atoms with Crippen molar-refractivity contribution in [2.24, 2.45) is 0 Å². The Labute approximate surface area is 319 Å². The van der Waals surface area contributed by atoms with E-state index in [1.807, 2.05) is 64.4 Å². The average Bonchev–Trinajstić information content (AvgIpc) is 3.95. The minimum Gasteiger partial charge on any atom is -0.399 e. The molecule has 4 N–H and O–H groups in total. The SMILES string of the molecule is Brc1cnc(C2CC2)cn1.C.C.CC1(C)OB(c2ccc(N)c(P(C)(C)=O)c2)OC1(C)C.CP(C)(=O)c1cc(-c2cnc(C3CC3)cn2)ccc1N. The maximum absolute atomic E-state index is 12.3. The molecule has 282 valence electrons. The Morgan fingerprint density at radius 1 is 0.692 bits per heavy atom. The predicted octanol–water partition coefficient (Wildman–Crippen LogP) is 8.06. The van der Waals surface area contributed by atoms with Crippen LogP contribution in [0.15, 0.2) is 65.8 Å². The largest absolute Gasteiger partial charge is 0.494 e. The van der Waals surface area contributed by atoms with E-state index in [1.165, 1.54) is 25.7 Å². The molecule has 0 unspecified atom stereocenters. The molecule has 2 aliphatic carbocycles. The molecule has 1 aliphatic heterocycles. The fraction of sp³-hybridized carbons (Fsp3) is 0.474. The van der Waals surface area contributed by atoms with E-state index < -0.39 is 21.4 Å². The van der Waals surface area contributed by atoms with E-state index in [9.17, 15) is 9.13 Å². The number of nitrogens with zero attached hydrogens (tertiary/aromatic N) is 4. The first kappa shape index (κ1) is 43.5. The first-order chi connectivity index (χ1) is 23.2. The molecule has 0 amide bonds. The Balaban J connectivity index is 0.000000217. The van der Waals surface area contributed by atoms with Gasteiger partial charge in [-0.05, 0) is 126 Å². The van der Waals surface area contributed by atoms with Crippen LogP contribution in [0.3, 0.4) is 0 Å². The highest BCUT2D eigenvalue weighted by atomic mass is 79.9. The molecular weight excluding hydrogens is 757 g/mol. The van der Waals surface area contributed by atoms with Crippen LogP contribution in [-0.2, 0) is 18.4 Å². The summed E-state index contributed by atoms with van der Waals surface area (Å²) in [7, 11) is -5.27. The third-order valence-corrected chi connectivity index (χ3v) is 12.9. The van der Waals surface area contributed by atoms with Crippen LogP contribution in [0, 0.1) is 0 Å². The van der Waals surface area contributed by atoms with Crippen molar-refractivity contribution in [3.8, 4) is 11.3 Å². The molecule has 1 saturated heterocycles. The molecule has 0 atom stereocenters. The van der Waals surface area contributed by atoms with Gasteiger partial charge in [0.1, 0.15) is 18.9 Å². The van der Waals surface area contributed by atoms with Crippen LogP contribution in [0.4, 0.5) is 11.4 Å². The number of aromatic nitrogens is 4. The molecule has 7 rings (SSSR count). The predicted molar refractivity (Wildman–Crippen MR) is 224 cm³/mol. The highest BCUT2D eigenvalue weighted by Gasteiger charge is 2.51. The zero-order valence-electron chi connectivity index (χ0n) is 30.2. The number of hydrogen-bond donors (Lipinski definition) is 2. The summed E-state index contributed by atoms with van der Waals surface area (Å²) in [5, 5.41) is 1.40. The molecule has 2 saturated carbocycles. The Kier molecular flexibility index (Phi) is 13.9. The van der Waals surface area contributed by atoms with Gasteiger partial charge < -0.3 is 29.9 Å². The first-order valence-corrected chi connectivity index (χ1v) is 22.8. The van der Waals surface area contributed by atoms with Gasteiger partial charge in [-0.15, -0.1) is 0 Å². The number of nitrogen functional groups attached to an aromatic ring is 2. The second kappa shape index (κ2) is 16.6. The van der Waals surface area contributed by atoms with E-state index in [-0.39, 0.29) is 26.1 Å². The fourth-order valence-electron chi connectivity index (χ4n) is 5.31. The number of benzene rings is 2. The lowest BCUT2D eigenvalue weighted by Crippen LogP contribution is -2.41. The summed E-state index contributed by atoms with van der Waals surface area (Å²) in [6.07, 6.45) is 12.3. The molecule has 14 heteroatoms. The molecule has 2 aromatic carbocycles. The van der Waals surface area contributed by atoms with Crippen molar-refractivity contribution in [3.63, 3.8) is 0 Å². The van der Waals surface area contributed by atoms with Gasteiger partial charge in [0.25, 0.3) is 0 Å². The summed E-state index contributed by atoms with van der Waals surface area (Å²) < 4.78 is 37.4. The molecule has 3 aliphatic rings. The van der Waals surface area contributed by atoms with Crippen LogP contribution in [0.1, 0.15) is 91.5 Å². The summed E-state index contributed by atoms with van der Waals surface area (Å²) in [5.41, 5.74) is 17.0. The number of anilines is 2. The lowest BCUT2D eigenvalue weighted by molar-refractivity contribution is 0.00578. The second-order valence-corrected chi connectivity index (χ2v) is 22.2. The van der Waals surface area contributed by atoms with Gasteiger partial charge in [0, 0.05) is 51.8 Å². The topological polar surface area (TPSA) is 156 Å². The van der Waals surface area contributed by atoms with Crippen molar-refractivity contribution >= 4 is 64.8 Å². The molecule has 3 heterocycles. The Hall–Kier alpha value is -2.88. The molecule has 0 spiro atoms. The fourth-order valence-corrected chi connectivity index (χ4v) is 7.82. The van der Waals surface area contributed by atoms with Gasteiger partial charge in [-0.3, -0.25) is 15.0 Å². The summed E-state index contributed by atoms with van der Waals surface area (Å²) in [4.78, 5) is 17.3. The third kappa shape index (κ3) is 10.9. The van der Waals surface area contributed by atoms with Gasteiger partial charge in [-0.25, -0.2) is 4.98 Å². The van der Waals surface area contributed by atoms with E-state index in [0.717, 1.165) is 32.7 Å². The first-order valence-electron chi connectivity index (χ1n) is 16.8. The van der Waals surface area contributed by atoms with Crippen molar-refractivity contribution < 1.29 is 18.4 Å². The maximum atomic E-state index is 12.3. The van der Waals surface area contributed by atoms with E-state index in [0.29, 0.717) is 33.8 Å². The minimum absolute atomic E-state index is 0. The minimum atomic E-state index is -2.42. The standard InChI is InChI=1S/C15H18N3OP.C14H23BNO3P.C7H7BrN2.2CH4/c1-20(2,19)15-7-11(5-6-12(15)16)14-9-17-13(8-18-14)10-3-4-10;1-13(2)14(3,4)19-15(18-13)10-7-8-11(16)12(9-10)20(5,6)17;8-7-4-9-6(3-10-7)5-1-2-5;;/h5-10H,3-4,16H2,1-2H3;7-9H,16H2,1-6H3;3-5H,1-2H2;2*1H4. The quantitative estimate of drug-likeness (QED) is 0.111. The Morgan fingerprint density at radius 3 is 1.58 bits per heavy atom. The van der Waals surface area contributed by atoms with Crippen LogP contribution in [0.25, 0.3) is 11.3 Å². The normalized spacial score (nSPS) is 17.4. The molecule has 3 fully saturated rings. The molecule has 4 aromatic rings. The zero-order chi connectivity index (χ0) is 36.6. The lowest BCUT2D eigenvalue weighted by atomic mass is 9.79. The molecule has 0 radical (unpaired) electrons. The maximum Gasteiger partial charge on any atom is 0.494 e. The average molecular weight is 814 g/mol. The van der Waals surface area contributed by atoms with Crippen LogP contribution >= 0.6 is 30.2 Å². The molecular formula is C38H56BBrN6O4P2. The van der Waals surface area contributed by atoms with Crippen molar-refractivity contribution in [3.05, 3.63) is 77.2 Å². The molecule has 52 heavy (non-hydrogen) atoms. The van der Waals surface area contributed by atoms with E-state index in [1.54, 1.807) is 51.2 Å². The lowest BCUT2D eigenvalue weighted by Gasteiger charge is -2.32. The van der Waals surface area contributed by atoms with Crippen molar-refractivity contribution in [1.29, 1.82) is 0 Å². The Morgan fingerprint density at radius 2 is 1.15 bits per heavy atom. The van der Waals surface area contributed by atoms with Crippen LogP contribution in [-0.4, -0.2) is 64.9 Å². The number of rotatable bonds is 6. The third-order valence-electron chi connectivity index (χ3n) is 9.37. The van der Waals surface area contributed by atoms with Crippen molar-refractivity contribution in [2.45, 2.75) is 91.3 Å². The monoisotopic (exact) mass is 812 g/mol. The summed E-state index contributed by atoms with van der Waals surface area (Å²) in [6.45, 7) is 14.9. The number of hydrogen-bond acceptors (Lipinski definition) is 10. The molecule has 10 nitrogen and oxygen atoms in total. The summed E-state index contributed by atoms with van der Waals surface area (Å²) >= 11 is 3.24. The van der Waals surface area contributed by atoms with Gasteiger partial charge in [-0.2, -0.15) is 0 Å². The van der Waals surface area contributed by atoms with Gasteiger partial charge in [0.05, 0.1) is 40.7 Å². The number of nitrogens with two attached hydrogens (primary N) is 2. The summed E-state index contributed by atoms with van der Waals surface area (Å²) in [6, 6.07) is 11.1. The van der Waals surface area contributed by atoms with E-state index in [4.69, 9.17) is 20.8 Å². The van der Waals surface area contributed by atoms with Crippen molar-refractivity contribution in [2.75, 3.05) is 38.1 Å². The highest BCUT2D eigenvalue weighted by Crippen LogP contribution is 2.41. The van der Waals surface area contributed by atoms with Gasteiger partial charge in [0.2, 0.25) is 0 Å². The van der Waals surface area contributed by atoms with E-state index in [2.05, 4.69) is 35.9 Å². The van der Waals surface area contributed by atoms with Gasteiger partial charge in [-0.1, -0.05) is 27.0 Å². The molecule has 2 aromatic heterocycles.